The first kappa shape index (κ1) is 19.5. The van der Waals surface area contributed by atoms with Crippen LogP contribution in [0.25, 0.3) is 0 Å². The molecule has 0 spiro atoms. The second kappa shape index (κ2) is 9.12. The van der Waals surface area contributed by atoms with E-state index in [2.05, 4.69) is 10.5 Å². The Bertz CT molecular complexity index is 850. The summed E-state index contributed by atoms with van der Waals surface area (Å²) in [4.78, 5) is 26.0. The van der Waals surface area contributed by atoms with Gasteiger partial charge in [0.2, 0.25) is 11.8 Å². The molecule has 2 aromatic rings. The van der Waals surface area contributed by atoms with E-state index in [0.717, 1.165) is 17.7 Å². The molecular formula is C21H22FN3O3. The zero-order chi connectivity index (χ0) is 19.9. The van der Waals surface area contributed by atoms with Crippen molar-refractivity contribution in [2.75, 3.05) is 18.1 Å². The Morgan fingerprint density at radius 1 is 1.25 bits per heavy atom. The summed E-state index contributed by atoms with van der Waals surface area (Å²) in [6.07, 6.45) is 2.58. The third-order valence-electron chi connectivity index (χ3n) is 4.38. The molecule has 1 N–H and O–H groups in total. The third-order valence-corrected chi connectivity index (χ3v) is 4.38. The largest absolute Gasteiger partial charge is 0.494 e. The maximum atomic E-state index is 13.0. The number of hydrazone groups is 1. The molecule has 0 saturated carbocycles. The number of carbonyl (C=O) groups is 2. The van der Waals surface area contributed by atoms with E-state index in [9.17, 15) is 14.0 Å². The molecule has 0 aromatic heterocycles. The maximum Gasteiger partial charge on any atom is 0.245 e. The molecule has 3 rings (SSSR count). The molecule has 0 bridgehead atoms. The monoisotopic (exact) mass is 383 g/mol. The van der Waals surface area contributed by atoms with Gasteiger partial charge in [-0.1, -0.05) is 6.92 Å². The fourth-order valence-electron chi connectivity index (χ4n) is 2.89. The molecule has 6 nitrogen and oxygen atoms in total. The van der Waals surface area contributed by atoms with Gasteiger partial charge in [0, 0.05) is 18.7 Å². The molecular weight excluding hydrogens is 361 g/mol. The van der Waals surface area contributed by atoms with E-state index in [0.29, 0.717) is 12.3 Å². The molecule has 1 saturated heterocycles. The van der Waals surface area contributed by atoms with Gasteiger partial charge in [-0.2, -0.15) is 5.10 Å². The lowest BCUT2D eigenvalue weighted by molar-refractivity contribution is -0.126. The number of halogens is 1. The van der Waals surface area contributed by atoms with Crippen LogP contribution < -0.4 is 15.1 Å². The predicted octanol–water partition coefficient (Wildman–Crippen LogP) is 3.12. The maximum absolute atomic E-state index is 13.0. The van der Waals surface area contributed by atoms with Crippen LogP contribution in [0.15, 0.2) is 53.6 Å². The van der Waals surface area contributed by atoms with Gasteiger partial charge in [-0.3, -0.25) is 9.59 Å². The molecule has 1 heterocycles. The molecule has 1 atom stereocenters. The van der Waals surface area contributed by atoms with Crippen LogP contribution in [0.3, 0.4) is 0 Å². The molecule has 146 valence electrons. The lowest BCUT2D eigenvalue weighted by Gasteiger charge is -2.16. The van der Waals surface area contributed by atoms with Crippen molar-refractivity contribution in [1.82, 2.24) is 5.43 Å². The number of hydrogen-bond donors (Lipinski definition) is 1. The number of carbonyl (C=O) groups excluding carboxylic acids is 2. The van der Waals surface area contributed by atoms with E-state index in [4.69, 9.17) is 4.74 Å². The van der Waals surface area contributed by atoms with Gasteiger partial charge in [0.25, 0.3) is 0 Å². The Balaban J connectivity index is 1.53. The van der Waals surface area contributed by atoms with Crippen LogP contribution in [0.4, 0.5) is 10.1 Å². The van der Waals surface area contributed by atoms with Crippen LogP contribution >= 0.6 is 0 Å². The summed E-state index contributed by atoms with van der Waals surface area (Å²) in [5.41, 5.74) is 3.88. The molecule has 0 radical (unpaired) electrons. The van der Waals surface area contributed by atoms with Gasteiger partial charge < -0.3 is 9.64 Å². The molecule has 2 amide bonds. The second-order valence-electron chi connectivity index (χ2n) is 6.53. The van der Waals surface area contributed by atoms with Crippen LogP contribution in [0.1, 0.15) is 25.3 Å². The third kappa shape index (κ3) is 4.94. The summed E-state index contributed by atoms with van der Waals surface area (Å²) in [5.74, 6) is -0.576. The average Bonchev–Trinajstić information content (AvgIpc) is 3.09. The number of hydrogen-bond acceptors (Lipinski definition) is 4. The molecule has 0 unspecified atom stereocenters. The van der Waals surface area contributed by atoms with Crippen molar-refractivity contribution in [3.8, 4) is 5.75 Å². The number of nitrogens with zero attached hydrogens (tertiary/aromatic N) is 2. The van der Waals surface area contributed by atoms with Crippen molar-refractivity contribution in [3.05, 3.63) is 59.9 Å². The highest BCUT2D eigenvalue weighted by molar-refractivity contribution is 6.00. The Hall–Kier alpha value is -3.22. The van der Waals surface area contributed by atoms with Gasteiger partial charge in [0.05, 0.1) is 18.7 Å². The minimum absolute atomic E-state index is 0.0994. The Morgan fingerprint density at radius 2 is 1.96 bits per heavy atom. The highest BCUT2D eigenvalue weighted by atomic mass is 19.1. The number of ether oxygens (including phenoxy) is 1. The molecule has 1 fully saturated rings. The summed E-state index contributed by atoms with van der Waals surface area (Å²) >= 11 is 0. The van der Waals surface area contributed by atoms with Crippen LogP contribution in [-0.2, 0) is 9.59 Å². The standard InChI is InChI=1S/C21H22FN3O3/c1-2-11-28-19-9-3-15(4-10-19)13-23-24-21(27)16-12-20(26)25(14-16)18-7-5-17(22)6-8-18/h3-10,13,16H,2,11-12,14H2,1H3,(H,24,27)/b23-13-/t16-/m0/s1. The zero-order valence-electron chi connectivity index (χ0n) is 15.6. The van der Waals surface area contributed by atoms with Crippen molar-refractivity contribution < 1.29 is 18.7 Å². The van der Waals surface area contributed by atoms with E-state index in [1.54, 1.807) is 0 Å². The second-order valence-corrected chi connectivity index (χ2v) is 6.53. The van der Waals surface area contributed by atoms with Gasteiger partial charge in [0.1, 0.15) is 11.6 Å². The van der Waals surface area contributed by atoms with Gasteiger partial charge in [-0.25, -0.2) is 9.82 Å². The Kier molecular flexibility index (Phi) is 6.37. The van der Waals surface area contributed by atoms with Crippen molar-refractivity contribution in [2.45, 2.75) is 19.8 Å². The molecule has 1 aliphatic rings. The lowest BCUT2D eigenvalue weighted by atomic mass is 10.1. The van der Waals surface area contributed by atoms with Gasteiger partial charge >= 0.3 is 0 Å². The molecule has 28 heavy (non-hydrogen) atoms. The number of nitrogens with one attached hydrogen (secondary N) is 1. The lowest BCUT2D eigenvalue weighted by Crippen LogP contribution is -2.30. The van der Waals surface area contributed by atoms with Crippen LogP contribution in [-0.4, -0.2) is 31.2 Å². The number of amides is 2. The molecule has 0 aliphatic carbocycles. The Labute approximate surface area is 163 Å². The fourth-order valence-corrected chi connectivity index (χ4v) is 2.89. The van der Waals surface area contributed by atoms with E-state index >= 15 is 0 Å². The normalized spacial score (nSPS) is 16.6. The summed E-state index contributed by atoms with van der Waals surface area (Å²) in [5, 5.41) is 3.97. The Morgan fingerprint density at radius 3 is 2.64 bits per heavy atom. The first-order valence-corrected chi connectivity index (χ1v) is 9.18. The molecule has 1 aliphatic heterocycles. The summed E-state index contributed by atoms with van der Waals surface area (Å²) < 4.78 is 18.6. The van der Waals surface area contributed by atoms with Crippen LogP contribution in [0.5, 0.6) is 5.75 Å². The summed E-state index contributed by atoms with van der Waals surface area (Å²) in [6, 6.07) is 13.0. The van der Waals surface area contributed by atoms with E-state index < -0.39 is 5.92 Å². The van der Waals surface area contributed by atoms with E-state index in [1.165, 1.54) is 35.4 Å². The number of rotatable bonds is 7. The molecule has 7 heteroatoms. The first-order chi connectivity index (χ1) is 13.6. The topological polar surface area (TPSA) is 71.0 Å². The zero-order valence-corrected chi connectivity index (χ0v) is 15.6. The van der Waals surface area contributed by atoms with Gasteiger partial charge in [-0.05, 0) is 60.5 Å². The van der Waals surface area contributed by atoms with E-state index in [1.807, 2.05) is 31.2 Å². The summed E-state index contributed by atoms with van der Waals surface area (Å²) in [6.45, 7) is 2.95. The van der Waals surface area contributed by atoms with Gasteiger partial charge in [-0.15, -0.1) is 0 Å². The van der Waals surface area contributed by atoms with Crippen molar-refractivity contribution >= 4 is 23.7 Å². The smallest absolute Gasteiger partial charge is 0.245 e. The van der Waals surface area contributed by atoms with Crippen molar-refractivity contribution in [2.24, 2.45) is 11.0 Å². The minimum Gasteiger partial charge on any atom is -0.494 e. The summed E-state index contributed by atoms with van der Waals surface area (Å²) in [7, 11) is 0. The molecule has 2 aromatic carbocycles. The first-order valence-electron chi connectivity index (χ1n) is 9.18. The van der Waals surface area contributed by atoms with E-state index in [-0.39, 0.29) is 30.6 Å². The van der Waals surface area contributed by atoms with Gasteiger partial charge in [0.15, 0.2) is 0 Å². The number of anilines is 1. The predicted molar refractivity (Wildman–Crippen MR) is 105 cm³/mol. The minimum atomic E-state index is -0.500. The average molecular weight is 383 g/mol. The van der Waals surface area contributed by atoms with Crippen molar-refractivity contribution in [1.29, 1.82) is 0 Å². The van der Waals surface area contributed by atoms with Crippen LogP contribution in [0, 0.1) is 11.7 Å². The number of benzene rings is 2. The quantitative estimate of drug-likeness (QED) is 0.590. The van der Waals surface area contributed by atoms with Crippen LogP contribution in [0.2, 0.25) is 0 Å². The highest BCUT2D eigenvalue weighted by Crippen LogP contribution is 2.25. The fraction of sp³-hybridized carbons (Fsp3) is 0.286. The van der Waals surface area contributed by atoms with Crippen molar-refractivity contribution in [3.63, 3.8) is 0 Å². The highest BCUT2D eigenvalue weighted by Gasteiger charge is 2.35. The SMILES string of the molecule is CCCOc1ccc(/C=N\NC(=O)[C@H]2CC(=O)N(c3ccc(F)cc3)C2)cc1.